The Morgan fingerprint density at radius 2 is 1.10 bits per heavy atom. The van der Waals surface area contributed by atoms with Crippen molar-refractivity contribution >= 4 is 85.9 Å². The summed E-state index contributed by atoms with van der Waals surface area (Å²) in [6.07, 6.45) is 5.56. The third kappa shape index (κ3) is 4.25. The van der Waals surface area contributed by atoms with Crippen LogP contribution >= 0.6 is 11.3 Å². The molecule has 6 aromatic carbocycles. The third-order valence-electron chi connectivity index (χ3n) is 10.2. The van der Waals surface area contributed by atoms with Crippen molar-refractivity contribution in [2.75, 3.05) is 0 Å². The molecular weight excluding hydrogens is 641 g/mol. The minimum absolute atomic E-state index is 0.905. The van der Waals surface area contributed by atoms with E-state index in [1.807, 2.05) is 48.1 Å². The fourth-order valence-electron chi connectivity index (χ4n) is 7.91. The molecule has 51 heavy (non-hydrogen) atoms. The van der Waals surface area contributed by atoms with Crippen molar-refractivity contribution in [3.63, 3.8) is 0 Å². The van der Waals surface area contributed by atoms with Gasteiger partial charge in [0.2, 0.25) is 0 Å². The highest BCUT2D eigenvalue weighted by molar-refractivity contribution is 7.26. The first-order valence-electron chi connectivity index (χ1n) is 17.0. The predicted molar refractivity (Wildman–Crippen MR) is 214 cm³/mol. The highest BCUT2D eigenvalue weighted by Crippen LogP contribution is 2.44. The molecule has 236 valence electrons. The van der Waals surface area contributed by atoms with Crippen molar-refractivity contribution < 1.29 is 0 Å². The Kier molecular flexibility index (Phi) is 6.09. The Morgan fingerprint density at radius 3 is 2.00 bits per heavy atom. The normalized spacial score (nSPS) is 11.9. The lowest BCUT2D eigenvalue weighted by molar-refractivity contribution is 1.37. The highest BCUT2D eigenvalue weighted by atomic mass is 32.1. The summed E-state index contributed by atoms with van der Waals surface area (Å²) in [7, 11) is 0. The van der Waals surface area contributed by atoms with E-state index in [1.54, 1.807) is 0 Å². The molecular formula is C46H26N4S. The van der Waals surface area contributed by atoms with Gasteiger partial charge >= 0.3 is 0 Å². The van der Waals surface area contributed by atoms with Crippen LogP contribution in [-0.2, 0) is 0 Å². The number of para-hydroxylation sites is 1. The van der Waals surface area contributed by atoms with E-state index in [-0.39, 0.29) is 0 Å². The van der Waals surface area contributed by atoms with E-state index in [4.69, 9.17) is 15.0 Å². The second-order valence-electron chi connectivity index (χ2n) is 13.0. The molecule has 0 N–H and O–H groups in total. The van der Waals surface area contributed by atoms with Crippen molar-refractivity contribution in [2.45, 2.75) is 0 Å². The van der Waals surface area contributed by atoms with Crippen LogP contribution in [0.15, 0.2) is 158 Å². The lowest BCUT2D eigenvalue weighted by Crippen LogP contribution is -1.93. The van der Waals surface area contributed by atoms with Crippen molar-refractivity contribution in [1.82, 2.24) is 19.9 Å². The number of pyridine rings is 4. The Morgan fingerprint density at radius 1 is 0.412 bits per heavy atom. The van der Waals surface area contributed by atoms with Crippen LogP contribution in [0.25, 0.3) is 108 Å². The number of benzene rings is 6. The number of rotatable bonds is 3. The van der Waals surface area contributed by atoms with Crippen molar-refractivity contribution in [3.8, 4) is 33.5 Å². The summed E-state index contributed by atoms with van der Waals surface area (Å²) in [4.78, 5) is 19.7. The summed E-state index contributed by atoms with van der Waals surface area (Å²) >= 11 is 1.87. The molecule has 0 spiro atoms. The molecule has 5 heteroatoms. The van der Waals surface area contributed by atoms with Crippen molar-refractivity contribution in [2.24, 2.45) is 0 Å². The molecule has 0 saturated carbocycles. The van der Waals surface area contributed by atoms with Gasteiger partial charge < -0.3 is 0 Å². The van der Waals surface area contributed by atoms with Gasteiger partial charge in [0, 0.05) is 82.2 Å². The van der Waals surface area contributed by atoms with E-state index in [9.17, 15) is 0 Å². The van der Waals surface area contributed by atoms with Gasteiger partial charge in [-0.05, 0) is 59.2 Å². The maximum absolute atomic E-state index is 5.32. The highest BCUT2D eigenvalue weighted by Gasteiger charge is 2.18. The summed E-state index contributed by atoms with van der Waals surface area (Å²) in [5.74, 6) is 0. The summed E-state index contributed by atoms with van der Waals surface area (Å²) in [6, 6.07) is 49.7. The van der Waals surface area contributed by atoms with E-state index in [0.29, 0.717) is 0 Å². The van der Waals surface area contributed by atoms with Crippen LogP contribution in [0, 0.1) is 0 Å². The largest absolute Gasteiger partial charge is 0.256 e. The summed E-state index contributed by atoms with van der Waals surface area (Å²) in [5, 5.41) is 9.44. The number of thiophene rings is 1. The smallest absolute Gasteiger partial charge is 0.0970 e. The Bertz CT molecular complexity index is 3220. The minimum atomic E-state index is 0.905. The van der Waals surface area contributed by atoms with Crippen LogP contribution in [-0.4, -0.2) is 19.9 Å². The lowest BCUT2D eigenvalue weighted by Gasteiger charge is -2.15. The summed E-state index contributed by atoms with van der Waals surface area (Å²) in [5.41, 5.74) is 10.3. The Balaban J connectivity index is 1.13. The second-order valence-corrected chi connectivity index (χ2v) is 14.0. The van der Waals surface area contributed by atoms with E-state index < -0.39 is 0 Å². The standard InChI is InChI=1S/C46H26N4S/c1-3-16-39-36(13-1)41-37(21-20-35-32-12-2-4-17-40(32)51-46(35)41)42(50-39)28-10-5-9-27(25-28)30-18-19-31(33-14-7-23-48-44(30)33)38-26-29-11-6-22-47-43(29)45-34(38)15-8-24-49-45/h1-26H. The average Bonchev–Trinajstić information content (AvgIpc) is 3.59. The van der Waals surface area contributed by atoms with E-state index in [2.05, 4.69) is 126 Å². The van der Waals surface area contributed by atoms with Gasteiger partial charge in [0.1, 0.15) is 0 Å². The zero-order valence-corrected chi connectivity index (χ0v) is 28.0. The van der Waals surface area contributed by atoms with Crippen LogP contribution in [0.3, 0.4) is 0 Å². The number of fused-ring (bicyclic) bond motifs is 11. The molecule has 0 radical (unpaired) electrons. The SMILES string of the molecule is c1cc(-c2nc3ccccc3c3c2ccc2c4ccccc4sc23)cc(-c2ccc(-c3cc4cccnc4c4ncccc34)c3cccnc23)c1. The fourth-order valence-corrected chi connectivity index (χ4v) is 9.18. The van der Waals surface area contributed by atoms with Gasteiger partial charge in [0.05, 0.1) is 27.8 Å². The molecule has 0 bridgehead atoms. The molecule has 0 amide bonds. The molecule has 4 nitrogen and oxygen atoms in total. The Hall–Kier alpha value is -6.56. The first-order chi connectivity index (χ1) is 25.3. The quantitative estimate of drug-likeness (QED) is 0.176. The van der Waals surface area contributed by atoms with Crippen LogP contribution in [0.5, 0.6) is 0 Å². The molecule has 0 saturated heterocycles. The molecule has 11 aromatic rings. The molecule has 0 atom stereocenters. The maximum Gasteiger partial charge on any atom is 0.0970 e. The molecule has 0 aliphatic heterocycles. The van der Waals surface area contributed by atoms with Crippen molar-refractivity contribution in [3.05, 3.63) is 158 Å². The topological polar surface area (TPSA) is 51.6 Å². The summed E-state index contributed by atoms with van der Waals surface area (Å²) < 4.78 is 2.61. The van der Waals surface area contributed by atoms with Gasteiger partial charge in [0.15, 0.2) is 0 Å². The van der Waals surface area contributed by atoms with Crippen molar-refractivity contribution in [1.29, 1.82) is 0 Å². The van der Waals surface area contributed by atoms with Crippen LogP contribution in [0.2, 0.25) is 0 Å². The fraction of sp³-hybridized carbons (Fsp3) is 0. The first kappa shape index (κ1) is 28.3. The average molecular weight is 667 g/mol. The number of hydrogen-bond acceptors (Lipinski definition) is 5. The molecule has 0 unspecified atom stereocenters. The van der Waals surface area contributed by atoms with Gasteiger partial charge in [0.25, 0.3) is 0 Å². The van der Waals surface area contributed by atoms with E-state index >= 15 is 0 Å². The first-order valence-corrected chi connectivity index (χ1v) is 17.9. The number of nitrogens with zero attached hydrogens (tertiary/aromatic N) is 4. The van der Waals surface area contributed by atoms with Crippen LogP contribution in [0.4, 0.5) is 0 Å². The zero-order valence-electron chi connectivity index (χ0n) is 27.2. The second kappa shape index (κ2) is 11.0. The molecule has 0 aliphatic carbocycles. The summed E-state index contributed by atoms with van der Waals surface area (Å²) in [6.45, 7) is 0. The molecule has 0 fully saturated rings. The molecule has 5 aromatic heterocycles. The van der Waals surface area contributed by atoms with Gasteiger partial charge in [-0.1, -0.05) is 97.1 Å². The Labute approximate surface area is 296 Å². The van der Waals surface area contributed by atoms with Gasteiger partial charge in [-0.2, -0.15) is 0 Å². The molecule has 11 rings (SSSR count). The predicted octanol–water partition coefficient (Wildman–Crippen LogP) is 12.4. The van der Waals surface area contributed by atoms with Gasteiger partial charge in [-0.25, -0.2) is 4.98 Å². The third-order valence-corrected chi connectivity index (χ3v) is 11.4. The van der Waals surface area contributed by atoms with Gasteiger partial charge in [-0.3, -0.25) is 15.0 Å². The lowest BCUT2D eigenvalue weighted by atomic mass is 9.91. The molecule has 0 aliphatic rings. The van der Waals surface area contributed by atoms with Crippen LogP contribution in [0.1, 0.15) is 0 Å². The van der Waals surface area contributed by atoms with E-state index in [0.717, 1.165) is 77.1 Å². The van der Waals surface area contributed by atoms with Crippen LogP contribution < -0.4 is 0 Å². The monoisotopic (exact) mass is 666 g/mol. The number of hydrogen-bond donors (Lipinski definition) is 0. The molecule has 5 heterocycles. The minimum Gasteiger partial charge on any atom is -0.256 e. The van der Waals surface area contributed by atoms with Gasteiger partial charge in [-0.15, -0.1) is 11.3 Å². The maximum atomic E-state index is 5.32. The zero-order chi connectivity index (χ0) is 33.5. The van der Waals surface area contributed by atoms with E-state index in [1.165, 1.54) is 30.9 Å². The number of aromatic nitrogens is 4.